The van der Waals surface area contributed by atoms with Crippen LogP contribution in [0.1, 0.15) is 0 Å². The average molecular weight is 581 g/mol. The SMILES string of the molecule is [Cl][Sb-]([Cl])([Cl])([Cl])([Cl])[Cl].c1ccc([NH+](c2ccccc2)c2ccccc2)cc1. The zero-order chi connectivity index (χ0) is 19.3. The molecule has 1 N–H and O–H groups in total. The van der Waals surface area contributed by atoms with Crippen molar-refractivity contribution >= 4 is 79.2 Å². The van der Waals surface area contributed by atoms with Crippen molar-refractivity contribution in [2.24, 2.45) is 0 Å². The number of para-hydroxylation sites is 3. The molecule has 0 atom stereocenters. The minimum absolute atomic E-state index is 1.25. The smallest absolute Gasteiger partial charge is 0.141 e. The van der Waals surface area contributed by atoms with Crippen molar-refractivity contribution in [1.82, 2.24) is 0 Å². The van der Waals surface area contributed by atoms with Crippen LogP contribution in [0.5, 0.6) is 0 Å². The van der Waals surface area contributed by atoms with Crippen LogP contribution < -0.4 is 4.90 Å². The molecule has 0 amide bonds. The maximum atomic E-state index is 5.06. The Kier molecular flexibility index (Phi) is 7.15. The summed E-state index contributed by atoms with van der Waals surface area (Å²) in [6.07, 6.45) is 0. The normalized spacial score (nSPS) is 14.0. The van der Waals surface area contributed by atoms with Crippen molar-refractivity contribution in [3.05, 3.63) is 91.0 Å². The van der Waals surface area contributed by atoms with Crippen LogP contribution in [0.3, 0.4) is 0 Å². The van der Waals surface area contributed by atoms with Gasteiger partial charge in [-0.15, -0.1) is 0 Å². The molecule has 8 heteroatoms. The summed E-state index contributed by atoms with van der Waals surface area (Å²) in [7, 11) is 25.0. The Labute approximate surface area is 173 Å². The van der Waals surface area contributed by atoms with E-state index in [1.807, 2.05) is 0 Å². The second-order valence-electron chi connectivity index (χ2n) is 5.43. The average Bonchev–Trinajstić information content (AvgIpc) is 2.55. The molecular formula is C18H16Cl6NSb. The minimum Gasteiger partial charge on any atom is -0.238 e. The first kappa shape index (κ1) is 22.5. The van der Waals surface area contributed by atoms with Gasteiger partial charge in [0, 0.05) is 0 Å². The fraction of sp³-hybridized carbons (Fsp3) is 0. The van der Waals surface area contributed by atoms with E-state index in [1.165, 1.54) is 22.0 Å². The topological polar surface area (TPSA) is 4.44 Å². The summed E-state index contributed by atoms with van der Waals surface area (Å²) in [4.78, 5) is 1.28. The number of halogens is 6. The van der Waals surface area contributed by atoms with E-state index in [2.05, 4.69) is 91.0 Å². The van der Waals surface area contributed by atoms with Gasteiger partial charge in [0.05, 0.1) is 0 Å². The van der Waals surface area contributed by atoms with Crippen molar-refractivity contribution in [2.75, 3.05) is 0 Å². The molecule has 0 fully saturated rings. The van der Waals surface area contributed by atoms with Crippen LogP contribution in [-0.4, -0.2) is 9.14 Å². The number of nitrogens with one attached hydrogen (secondary N) is 1. The molecule has 0 aliphatic carbocycles. The van der Waals surface area contributed by atoms with Gasteiger partial charge < -0.3 is 0 Å². The van der Waals surface area contributed by atoms with Crippen LogP contribution in [0.4, 0.5) is 17.1 Å². The third kappa shape index (κ3) is 9.92. The van der Waals surface area contributed by atoms with Crippen LogP contribution in [0.2, 0.25) is 0 Å². The van der Waals surface area contributed by atoms with E-state index in [0.717, 1.165) is 0 Å². The number of hydrogen-bond acceptors (Lipinski definition) is 0. The summed E-state index contributed by atoms with van der Waals surface area (Å²) in [5.41, 5.74) is 3.75. The van der Waals surface area contributed by atoms with E-state index >= 15 is 0 Å². The Bertz CT molecular complexity index is 716. The Morgan fingerprint density at radius 3 is 0.808 bits per heavy atom. The molecule has 0 bridgehead atoms. The number of hydrogen-bond donors (Lipinski definition) is 1. The molecule has 0 radical (unpaired) electrons. The monoisotopic (exact) mass is 577 g/mol. The zero-order valence-electron chi connectivity index (χ0n) is 13.4. The standard InChI is InChI=1S/C18H15N.6ClH.Sb/c1-4-10-16(11-5-1)19(17-12-6-2-7-13-17)18-14-8-3-9-15-18;;;;;;;/h1-15H;6*1H;/q;;;;;;;+5/p-5. The van der Waals surface area contributed by atoms with E-state index in [-0.39, 0.29) is 0 Å². The van der Waals surface area contributed by atoms with Crippen molar-refractivity contribution in [3.8, 4) is 0 Å². The quantitative estimate of drug-likeness (QED) is 0.304. The largest absolute Gasteiger partial charge is 0.238 e. The molecule has 0 unspecified atom stereocenters. The predicted molar refractivity (Wildman–Crippen MR) is 120 cm³/mol. The maximum absolute atomic E-state index is 5.42. The molecule has 26 heavy (non-hydrogen) atoms. The third-order valence-electron chi connectivity index (χ3n) is 3.19. The number of rotatable bonds is 3. The summed E-state index contributed by atoms with van der Waals surface area (Å²) in [5.74, 6) is 0. The van der Waals surface area contributed by atoms with Crippen LogP contribution in [0.15, 0.2) is 91.0 Å². The van der Waals surface area contributed by atoms with Crippen LogP contribution in [0.25, 0.3) is 0 Å². The van der Waals surface area contributed by atoms with Gasteiger partial charge in [-0.05, 0) is 36.4 Å². The molecule has 3 rings (SSSR count). The number of quaternary nitrogens is 1. The molecule has 1 nitrogen and oxygen atoms in total. The van der Waals surface area contributed by atoms with Gasteiger partial charge in [-0.25, -0.2) is 4.90 Å². The number of benzene rings is 3. The molecule has 0 saturated heterocycles. The van der Waals surface area contributed by atoms with Gasteiger partial charge in [-0.3, -0.25) is 0 Å². The van der Waals surface area contributed by atoms with Gasteiger partial charge in [-0.1, -0.05) is 54.6 Å². The van der Waals surface area contributed by atoms with Crippen molar-refractivity contribution in [1.29, 1.82) is 0 Å². The first-order valence-corrected chi connectivity index (χ1v) is 26.9. The van der Waals surface area contributed by atoms with Crippen molar-refractivity contribution in [3.63, 3.8) is 0 Å². The molecule has 0 aromatic heterocycles. The van der Waals surface area contributed by atoms with E-state index < -0.39 is 9.14 Å². The Balaban J connectivity index is 0.000000298. The van der Waals surface area contributed by atoms with E-state index in [1.54, 1.807) is 0 Å². The minimum atomic E-state index is -5.42. The van der Waals surface area contributed by atoms with Gasteiger partial charge in [0.25, 0.3) is 0 Å². The third-order valence-corrected chi connectivity index (χ3v) is 3.19. The second kappa shape index (κ2) is 8.27. The first-order chi connectivity index (χ1) is 11.9. The molecule has 140 valence electrons. The van der Waals surface area contributed by atoms with Crippen molar-refractivity contribution in [2.45, 2.75) is 0 Å². The predicted octanol–water partition coefficient (Wildman–Crippen LogP) is 7.62. The molecule has 0 heterocycles. The molecule has 0 spiro atoms. The van der Waals surface area contributed by atoms with Gasteiger partial charge in [-0.2, -0.15) is 0 Å². The second-order valence-corrected chi connectivity index (χ2v) is 62.3. The van der Waals surface area contributed by atoms with E-state index in [4.69, 9.17) is 53.0 Å². The van der Waals surface area contributed by atoms with Crippen molar-refractivity contribution < 1.29 is 4.90 Å². The van der Waals surface area contributed by atoms with Crippen LogP contribution >= 0.6 is 53.0 Å². The fourth-order valence-electron chi connectivity index (χ4n) is 2.31. The summed E-state index contributed by atoms with van der Waals surface area (Å²) in [6, 6.07) is 31.6. The van der Waals surface area contributed by atoms with Gasteiger partial charge in [0.2, 0.25) is 0 Å². The summed E-state index contributed by atoms with van der Waals surface area (Å²) in [6.45, 7) is 0. The summed E-state index contributed by atoms with van der Waals surface area (Å²) < 4.78 is 0. The van der Waals surface area contributed by atoms with Gasteiger partial charge >= 0.3 is 62.1 Å². The molecule has 0 aliphatic heterocycles. The first-order valence-electron chi connectivity index (χ1n) is 7.50. The molecular weight excluding hydrogens is 565 g/mol. The van der Waals surface area contributed by atoms with E-state index in [0.29, 0.717) is 0 Å². The van der Waals surface area contributed by atoms with Crippen LogP contribution in [-0.2, 0) is 0 Å². The fourth-order valence-corrected chi connectivity index (χ4v) is 2.31. The Morgan fingerprint density at radius 2 is 0.615 bits per heavy atom. The van der Waals surface area contributed by atoms with Crippen LogP contribution in [0, 0.1) is 0 Å². The van der Waals surface area contributed by atoms with E-state index in [9.17, 15) is 0 Å². The molecule has 3 aromatic carbocycles. The maximum Gasteiger partial charge on any atom is 0.141 e. The molecule has 0 aliphatic rings. The molecule has 3 aromatic rings. The van der Waals surface area contributed by atoms with Gasteiger partial charge in [0.1, 0.15) is 17.1 Å². The summed E-state index contributed by atoms with van der Waals surface area (Å²) >= 11 is 0. The zero-order valence-corrected chi connectivity index (χ0v) is 20.5. The summed E-state index contributed by atoms with van der Waals surface area (Å²) in [5, 5.41) is 0. The van der Waals surface area contributed by atoms with Gasteiger partial charge in [0.15, 0.2) is 0 Å². The molecule has 0 saturated carbocycles. The Morgan fingerprint density at radius 1 is 0.423 bits per heavy atom. The Hall–Kier alpha value is 0.178.